The zero-order chi connectivity index (χ0) is 18.5. The summed E-state index contributed by atoms with van der Waals surface area (Å²) < 4.78 is 0. The van der Waals surface area contributed by atoms with Crippen molar-refractivity contribution >= 4 is 28.9 Å². The fourth-order valence-electron chi connectivity index (χ4n) is 3.23. The maximum Gasteiger partial charge on any atom is 0.257 e. The summed E-state index contributed by atoms with van der Waals surface area (Å²) in [7, 11) is 0. The van der Waals surface area contributed by atoms with Crippen LogP contribution in [0.15, 0.2) is 42.7 Å². The summed E-state index contributed by atoms with van der Waals surface area (Å²) in [6, 6.07) is 8.95. The van der Waals surface area contributed by atoms with Crippen LogP contribution < -0.4 is 15.5 Å². The second-order valence-corrected chi connectivity index (χ2v) is 6.84. The Morgan fingerprint density at radius 3 is 2.65 bits per heavy atom. The number of pyridine rings is 1. The van der Waals surface area contributed by atoms with Gasteiger partial charge in [-0.2, -0.15) is 0 Å². The Labute approximate surface area is 153 Å². The van der Waals surface area contributed by atoms with Gasteiger partial charge in [0.1, 0.15) is 0 Å². The van der Waals surface area contributed by atoms with Crippen LogP contribution in [0.2, 0.25) is 0 Å². The van der Waals surface area contributed by atoms with Crippen LogP contribution in [0.5, 0.6) is 0 Å². The van der Waals surface area contributed by atoms with Gasteiger partial charge in [0.05, 0.1) is 17.4 Å². The number of amides is 2. The summed E-state index contributed by atoms with van der Waals surface area (Å²) in [5, 5.41) is 5.57. The molecule has 1 fully saturated rings. The molecule has 2 heterocycles. The third-order valence-electron chi connectivity index (χ3n) is 4.45. The van der Waals surface area contributed by atoms with Gasteiger partial charge in [-0.15, -0.1) is 0 Å². The Morgan fingerprint density at radius 2 is 1.92 bits per heavy atom. The molecule has 2 N–H and O–H groups in total. The van der Waals surface area contributed by atoms with E-state index in [0.29, 0.717) is 22.9 Å². The molecular formula is C20H24N4O2. The van der Waals surface area contributed by atoms with Gasteiger partial charge in [0.2, 0.25) is 5.91 Å². The highest BCUT2D eigenvalue weighted by molar-refractivity contribution is 6.05. The number of hydrogen-bond acceptors (Lipinski definition) is 4. The smallest absolute Gasteiger partial charge is 0.257 e. The molecule has 26 heavy (non-hydrogen) atoms. The van der Waals surface area contributed by atoms with Gasteiger partial charge in [-0.3, -0.25) is 14.6 Å². The monoisotopic (exact) mass is 352 g/mol. The van der Waals surface area contributed by atoms with Gasteiger partial charge in [0, 0.05) is 37.6 Å². The van der Waals surface area contributed by atoms with Crippen molar-refractivity contribution in [2.75, 3.05) is 28.6 Å². The maximum absolute atomic E-state index is 12.6. The molecule has 1 saturated heterocycles. The van der Waals surface area contributed by atoms with Crippen LogP contribution in [0.4, 0.5) is 17.1 Å². The summed E-state index contributed by atoms with van der Waals surface area (Å²) >= 11 is 0. The van der Waals surface area contributed by atoms with E-state index in [-0.39, 0.29) is 11.8 Å². The number of nitrogens with one attached hydrogen (secondary N) is 2. The van der Waals surface area contributed by atoms with Crippen LogP contribution >= 0.6 is 0 Å². The number of rotatable bonds is 4. The normalized spacial score (nSPS) is 16.8. The fraction of sp³-hybridized carbons (Fsp3) is 0.350. The Balaban J connectivity index is 1.72. The summed E-state index contributed by atoms with van der Waals surface area (Å²) in [4.78, 5) is 30.3. The molecule has 6 nitrogen and oxygen atoms in total. The minimum absolute atomic E-state index is 0.152. The van der Waals surface area contributed by atoms with E-state index in [4.69, 9.17) is 0 Å². The molecule has 2 amide bonds. The number of carbonyl (C=O) groups is 2. The minimum atomic E-state index is -0.218. The van der Waals surface area contributed by atoms with Crippen molar-refractivity contribution in [2.24, 2.45) is 5.92 Å². The molecule has 0 bridgehead atoms. The number of anilines is 3. The second kappa shape index (κ2) is 7.99. The zero-order valence-corrected chi connectivity index (χ0v) is 15.2. The molecule has 6 heteroatoms. The Kier molecular flexibility index (Phi) is 5.51. The first kappa shape index (κ1) is 17.9. The molecule has 1 aromatic carbocycles. The molecule has 0 radical (unpaired) electrons. The summed E-state index contributed by atoms with van der Waals surface area (Å²) in [6.07, 6.45) is 5.79. The van der Waals surface area contributed by atoms with Crippen molar-refractivity contribution in [3.05, 3.63) is 48.3 Å². The van der Waals surface area contributed by atoms with Crippen molar-refractivity contribution in [2.45, 2.75) is 26.7 Å². The molecule has 3 rings (SSSR count). The Morgan fingerprint density at radius 1 is 1.15 bits per heavy atom. The summed E-state index contributed by atoms with van der Waals surface area (Å²) in [5.41, 5.74) is 2.77. The first-order chi connectivity index (χ1) is 12.5. The van der Waals surface area contributed by atoms with Crippen molar-refractivity contribution in [3.63, 3.8) is 0 Å². The van der Waals surface area contributed by atoms with Crippen molar-refractivity contribution < 1.29 is 9.59 Å². The molecule has 0 saturated carbocycles. The fourth-order valence-corrected chi connectivity index (χ4v) is 3.23. The van der Waals surface area contributed by atoms with Gasteiger partial charge in [-0.1, -0.05) is 13.0 Å². The van der Waals surface area contributed by atoms with E-state index in [0.717, 1.165) is 25.2 Å². The second-order valence-electron chi connectivity index (χ2n) is 6.84. The first-order valence-corrected chi connectivity index (χ1v) is 8.90. The molecule has 1 unspecified atom stereocenters. The average Bonchev–Trinajstić information content (AvgIpc) is 2.61. The van der Waals surface area contributed by atoms with Crippen LogP contribution in [-0.4, -0.2) is 29.9 Å². The average molecular weight is 352 g/mol. The predicted octanol–water partition coefficient (Wildman–Crippen LogP) is 3.53. The van der Waals surface area contributed by atoms with Crippen LogP contribution in [0.25, 0.3) is 0 Å². The highest BCUT2D eigenvalue weighted by atomic mass is 16.2. The van der Waals surface area contributed by atoms with Crippen molar-refractivity contribution in [1.82, 2.24) is 4.98 Å². The minimum Gasteiger partial charge on any atom is -0.370 e. The number of carbonyl (C=O) groups excluding carboxylic acids is 2. The van der Waals surface area contributed by atoms with Gasteiger partial charge >= 0.3 is 0 Å². The van der Waals surface area contributed by atoms with E-state index in [1.807, 2.05) is 12.3 Å². The van der Waals surface area contributed by atoms with E-state index in [9.17, 15) is 9.59 Å². The Bertz CT molecular complexity index is 806. The first-order valence-electron chi connectivity index (χ1n) is 8.90. The third kappa shape index (κ3) is 4.59. The highest BCUT2D eigenvalue weighted by Gasteiger charge is 2.18. The molecule has 1 atom stereocenters. The molecule has 1 aliphatic heterocycles. The largest absolute Gasteiger partial charge is 0.370 e. The number of benzene rings is 1. The molecular weight excluding hydrogens is 328 g/mol. The number of hydrogen-bond donors (Lipinski definition) is 2. The molecule has 0 aliphatic carbocycles. The lowest BCUT2D eigenvalue weighted by Gasteiger charge is -2.32. The topological polar surface area (TPSA) is 74.3 Å². The van der Waals surface area contributed by atoms with Gasteiger partial charge in [0.15, 0.2) is 0 Å². The van der Waals surface area contributed by atoms with Gasteiger partial charge in [-0.25, -0.2) is 0 Å². The molecule has 136 valence electrons. The lowest BCUT2D eigenvalue weighted by molar-refractivity contribution is -0.114. The highest BCUT2D eigenvalue weighted by Crippen LogP contribution is 2.23. The van der Waals surface area contributed by atoms with Gasteiger partial charge < -0.3 is 15.5 Å². The van der Waals surface area contributed by atoms with Crippen LogP contribution in [0.1, 0.15) is 37.0 Å². The van der Waals surface area contributed by atoms with Crippen LogP contribution in [-0.2, 0) is 4.79 Å². The van der Waals surface area contributed by atoms with Gasteiger partial charge in [0.25, 0.3) is 5.91 Å². The molecule has 0 spiro atoms. The molecule has 1 aromatic heterocycles. The summed E-state index contributed by atoms with van der Waals surface area (Å²) in [5.74, 6) is 0.281. The van der Waals surface area contributed by atoms with E-state index in [1.165, 1.54) is 13.3 Å². The molecule has 2 aromatic rings. The Hall–Kier alpha value is -2.89. The maximum atomic E-state index is 12.6. The van der Waals surface area contributed by atoms with E-state index in [1.54, 1.807) is 30.5 Å². The number of piperidine rings is 1. The zero-order valence-electron chi connectivity index (χ0n) is 15.2. The van der Waals surface area contributed by atoms with E-state index in [2.05, 4.69) is 27.4 Å². The third-order valence-corrected chi connectivity index (χ3v) is 4.45. The van der Waals surface area contributed by atoms with Crippen LogP contribution in [0.3, 0.4) is 0 Å². The lowest BCUT2D eigenvalue weighted by atomic mass is 10.00. The standard InChI is InChI=1S/C20H24N4O2/c1-14-5-4-8-24(13-14)19-9-16(11-21-12-19)20(26)23-18-7-3-6-17(10-18)22-15(2)25/h3,6-7,9-12,14H,4-5,8,13H2,1-2H3,(H,22,25)(H,23,26). The van der Waals surface area contributed by atoms with E-state index >= 15 is 0 Å². The van der Waals surface area contributed by atoms with Gasteiger partial charge in [-0.05, 0) is 43.0 Å². The van der Waals surface area contributed by atoms with E-state index < -0.39 is 0 Å². The predicted molar refractivity (Wildman–Crippen MR) is 104 cm³/mol. The molecule has 1 aliphatic rings. The van der Waals surface area contributed by atoms with Crippen LogP contribution in [0, 0.1) is 5.92 Å². The quantitative estimate of drug-likeness (QED) is 0.883. The van der Waals surface area contributed by atoms with Crippen molar-refractivity contribution in [1.29, 1.82) is 0 Å². The SMILES string of the molecule is CC(=O)Nc1cccc(NC(=O)c2cncc(N3CCCC(C)C3)c2)c1. The number of aromatic nitrogens is 1. The van der Waals surface area contributed by atoms with Crippen molar-refractivity contribution in [3.8, 4) is 0 Å². The number of nitrogens with zero attached hydrogens (tertiary/aromatic N) is 2. The lowest BCUT2D eigenvalue weighted by Crippen LogP contribution is -2.34. The summed E-state index contributed by atoms with van der Waals surface area (Å²) in [6.45, 7) is 5.68.